The number of urea groups is 1. The molecule has 130 valence electrons. The molecule has 2 aliphatic rings. The second-order valence-electron chi connectivity index (χ2n) is 7.35. The van der Waals surface area contributed by atoms with E-state index in [0.717, 1.165) is 15.4 Å². The highest BCUT2D eigenvalue weighted by atomic mass is 79.9. The normalized spacial score (nSPS) is 22.8. The third-order valence-electron chi connectivity index (χ3n) is 4.24. The molecule has 0 aromatic heterocycles. The van der Waals surface area contributed by atoms with E-state index < -0.39 is 19.6 Å². The molecule has 2 aliphatic heterocycles. The molecule has 1 saturated heterocycles. The molecule has 1 N–H and O–H groups in total. The smallest absolute Gasteiger partial charge is 0.327 e. The average Bonchev–Trinajstić information content (AvgIpc) is 2.95. The number of carbonyl (C=O) groups excluding carboxylic acids is 2. The number of halogens is 1. The van der Waals surface area contributed by atoms with E-state index in [1.54, 1.807) is 12.1 Å². The molecule has 24 heavy (non-hydrogen) atoms. The summed E-state index contributed by atoms with van der Waals surface area (Å²) in [5.74, 6) is 0.293. The third-order valence-corrected chi connectivity index (χ3v) is 6.44. The van der Waals surface area contributed by atoms with E-state index in [4.69, 9.17) is 9.47 Å². The van der Waals surface area contributed by atoms with Gasteiger partial charge in [0.05, 0.1) is 0 Å². The number of rotatable bonds is 5. The Kier molecular flexibility index (Phi) is 4.48. The standard InChI is InChI=1S/C16H21BrN2O4Si/c1-24(2,3)7-6-22-10-19-14(20)16(18-15(19)21)9-23-13-8-11(17)4-5-12(13)16/h4-5,8H,6-7,9-10H2,1-3H3,(H,18,21). The van der Waals surface area contributed by atoms with Gasteiger partial charge in [0.15, 0.2) is 5.54 Å². The number of hydrogen-bond donors (Lipinski definition) is 1. The van der Waals surface area contributed by atoms with Crippen LogP contribution < -0.4 is 10.1 Å². The number of nitrogens with one attached hydrogen (secondary N) is 1. The number of imide groups is 1. The maximum Gasteiger partial charge on any atom is 0.327 e. The maximum atomic E-state index is 12.9. The molecule has 3 rings (SSSR count). The van der Waals surface area contributed by atoms with Crippen molar-refractivity contribution in [3.8, 4) is 5.75 Å². The molecule has 3 amide bonds. The van der Waals surface area contributed by atoms with Gasteiger partial charge in [-0.15, -0.1) is 0 Å². The Morgan fingerprint density at radius 2 is 2.12 bits per heavy atom. The lowest BCUT2D eigenvalue weighted by Gasteiger charge is -2.20. The summed E-state index contributed by atoms with van der Waals surface area (Å²) in [6.45, 7) is 7.40. The third kappa shape index (κ3) is 3.10. The zero-order valence-electron chi connectivity index (χ0n) is 14.0. The molecule has 2 heterocycles. The van der Waals surface area contributed by atoms with Crippen LogP contribution in [0.15, 0.2) is 22.7 Å². The fourth-order valence-electron chi connectivity index (χ4n) is 2.79. The quantitative estimate of drug-likeness (QED) is 0.458. The molecule has 6 nitrogen and oxygen atoms in total. The number of amides is 3. The first-order valence-corrected chi connectivity index (χ1v) is 12.4. The van der Waals surface area contributed by atoms with Crippen molar-refractivity contribution in [2.45, 2.75) is 31.2 Å². The van der Waals surface area contributed by atoms with Gasteiger partial charge < -0.3 is 14.8 Å². The van der Waals surface area contributed by atoms with E-state index in [1.165, 1.54) is 0 Å². The largest absolute Gasteiger partial charge is 0.490 e. The fourth-order valence-corrected chi connectivity index (χ4v) is 3.89. The molecule has 0 saturated carbocycles. The second kappa shape index (κ2) is 6.16. The highest BCUT2D eigenvalue weighted by Crippen LogP contribution is 2.42. The summed E-state index contributed by atoms with van der Waals surface area (Å²) in [6.07, 6.45) is 0. The molecule has 1 unspecified atom stereocenters. The number of ether oxygens (including phenoxy) is 2. The summed E-state index contributed by atoms with van der Waals surface area (Å²) < 4.78 is 12.1. The Morgan fingerprint density at radius 3 is 2.83 bits per heavy atom. The molecule has 1 atom stereocenters. The molecule has 1 aromatic carbocycles. The van der Waals surface area contributed by atoms with Crippen molar-refractivity contribution in [2.75, 3.05) is 19.9 Å². The van der Waals surface area contributed by atoms with Crippen LogP contribution in [0.25, 0.3) is 0 Å². The van der Waals surface area contributed by atoms with E-state index in [1.807, 2.05) is 6.07 Å². The van der Waals surface area contributed by atoms with E-state index >= 15 is 0 Å². The first kappa shape index (κ1) is 17.4. The summed E-state index contributed by atoms with van der Waals surface area (Å²) in [7, 11) is -1.21. The Balaban J connectivity index is 1.72. The summed E-state index contributed by atoms with van der Waals surface area (Å²) in [6, 6.07) is 5.99. The van der Waals surface area contributed by atoms with Crippen LogP contribution >= 0.6 is 15.9 Å². The first-order chi connectivity index (χ1) is 11.2. The van der Waals surface area contributed by atoms with Crippen LogP contribution in [0.1, 0.15) is 5.56 Å². The minimum atomic E-state index is -1.21. The van der Waals surface area contributed by atoms with E-state index in [0.29, 0.717) is 17.9 Å². The molecule has 1 spiro atoms. The highest BCUT2D eigenvalue weighted by Gasteiger charge is 2.57. The molecule has 0 aliphatic carbocycles. The van der Waals surface area contributed by atoms with Gasteiger partial charge in [0.1, 0.15) is 19.1 Å². The Bertz CT molecular complexity index is 691. The van der Waals surface area contributed by atoms with Crippen LogP contribution in [0.4, 0.5) is 4.79 Å². The molecule has 8 heteroatoms. The number of carbonyl (C=O) groups is 2. The van der Waals surface area contributed by atoms with Gasteiger partial charge in [0.2, 0.25) is 0 Å². The summed E-state index contributed by atoms with van der Waals surface area (Å²) >= 11 is 3.38. The van der Waals surface area contributed by atoms with Crippen LogP contribution in [-0.2, 0) is 15.1 Å². The lowest BCUT2D eigenvalue weighted by atomic mass is 9.92. The Labute approximate surface area is 150 Å². The van der Waals surface area contributed by atoms with Gasteiger partial charge in [-0.1, -0.05) is 41.6 Å². The minimum Gasteiger partial charge on any atom is -0.490 e. The topological polar surface area (TPSA) is 67.9 Å². The average molecular weight is 413 g/mol. The SMILES string of the molecule is C[Si](C)(C)CCOCN1C(=O)NC2(COc3cc(Br)ccc32)C1=O. The van der Waals surface area contributed by atoms with Gasteiger partial charge in [0, 0.05) is 24.7 Å². The van der Waals surface area contributed by atoms with Gasteiger partial charge in [0.25, 0.3) is 5.91 Å². The molecular formula is C16H21BrN2O4Si. The summed E-state index contributed by atoms with van der Waals surface area (Å²) in [5.41, 5.74) is -0.441. The molecule has 1 aromatic rings. The molecular weight excluding hydrogens is 392 g/mol. The minimum absolute atomic E-state index is 0.0250. The lowest BCUT2D eigenvalue weighted by Crippen LogP contribution is -2.45. The number of nitrogens with zero attached hydrogens (tertiary/aromatic N) is 1. The summed E-state index contributed by atoms with van der Waals surface area (Å²) in [4.78, 5) is 26.3. The van der Waals surface area contributed by atoms with Crippen LogP contribution in [0, 0.1) is 0 Å². The van der Waals surface area contributed by atoms with Gasteiger partial charge in [-0.2, -0.15) is 0 Å². The first-order valence-electron chi connectivity index (χ1n) is 7.88. The zero-order chi connectivity index (χ0) is 17.5. The zero-order valence-corrected chi connectivity index (χ0v) is 16.6. The predicted molar refractivity (Wildman–Crippen MR) is 95.7 cm³/mol. The second-order valence-corrected chi connectivity index (χ2v) is 13.9. The molecule has 0 bridgehead atoms. The highest BCUT2D eigenvalue weighted by molar-refractivity contribution is 9.10. The van der Waals surface area contributed by atoms with E-state index in [9.17, 15) is 9.59 Å². The lowest BCUT2D eigenvalue weighted by molar-refractivity contribution is -0.135. The van der Waals surface area contributed by atoms with Crippen LogP contribution in [0.5, 0.6) is 5.75 Å². The van der Waals surface area contributed by atoms with Gasteiger partial charge in [-0.25, -0.2) is 9.69 Å². The monoisotopic (exact) mass is 412 g/mol. The predicted octanol–water partition coefficient (Wildman–Crippen LogP) is 2.90. The van der Waals surface area contributed by atoms with Crippen molar-refractivity contribution in [3.05, 3.63) is 28.2 Å². The Morgan fingerprint density at radius 1 is 1.38 bits per heavy atom. The number of benzene rings is 1. The van der Waals surface area contributed by atoms with Crippen molar-refractivity contribution < 1.29 is 19.1 Å². The summed E-state index contributed by atoms with van der Waals surface area (Å²) in [5, 5.41) is 2.79. The van der Waals surface area contributed by atoms with E-state index in [-0.39, 0.29) is 19.2 Å². The van der Waals surface area contributed by atoms with Crippen LogP contribution in [-0.4, -0.2) is 44.9 Å². The van der Waals surface area contributed by atoms with Crippen molar-refractivity contribution in [1.82, 2.24) is 10.2 Å². The molecule has 1 fully saturated rings. The van der Waals surface area contributed by atoms with Gasteiger partial charge in [-0.3, -0.25) is 4.79 Å². The van der Waals surface area contributed by atoms with Gasteiger partial charge >= 0.3 is 6.03 Å². The maximum absolute atomic E-state index is 12.9. The van der Waals surface area contributed by atoms with Crippen LogP contribution in [0.2, 0.25) is 25.7 Å². The van der Waals surface area contributed by atoms with E-state index in [2.05, 4.69) is 40.9 Å². The van der Waals surface area contributed by atoms with Crippen molar-refractivity contribution in [3.63, 3.8) is 0 Å². The van der Waals surface area contributed by atoms with Crippen molar-refractivity contribution in [2.24, 2.45) is 0 Å². The van der Waals surface area contributed by atoms with Crippen molar-refractivity contribution in [1.29, 1.82) is 0 Å². The molecule has 0 radical (unpaired) electrons. The van der Waals surface area contributed by atoms with Crippen LogP contribution in [0.3, 0.4) is 0 Å². The number of hydrogen-bond acceptors (Lipinski definition) is 4. The fraction of sp³-hybridized carbons (Fsp3) is 0.500. The van der Waals surface area contributed by atoms with Gasteiger partial charge in [-0.05, 0) is 18.2 Å². The Hall–Kier alpha value is -1.38. The van der Waals surface area contributed by atoms with Crippen molar-refractivity contribution >= 4 is 35.9 Å². The number of fused-ring (bicyclic) bond motifs is 2.